The number of hydrogen-bond acceptors (Lipinski definition) is 6. The lowest BCUT2D eigenvalue weighted by Gasteiger charge is -2.32. The number of halogens is 1. The molecule has 4 rings (SSSR count). The molecule has 0 saturated carbocycles. The van der Waals surface area contributed by atoms with Gasteiger partial charge in [0.05, 0.1) is 12.1 Å². The van der Waals surface area contributed by atoms with Crippen molar-refractivity contribution in [1.82, 2.24) is 20.1 Å². The third-order valence-corrected chi connectivity index (χ3v) is 6.66. The Kier molecular flexibility index (Phi) is 6.93. The highest BCUT2D eigenvalue weighted by molar-refractivity contribution is 6.30. The standard InChI is InChI=1S/C24H26ClN5O5/c1-24(16-3-6-18(35-2)7-4-16)22(33)30(23(34)28-24)14-20(31)29-11-9-15(10-12-29)21(32)27-19-8-5-17(25)13-26-19/h3-8,13,15H,9-12,14H2,1-2H3,(H,28,34)(H,26,27,32). The number of ether oxygens (including phenoxy) is 1. The summed E-state index contributed by atoms with van der Waals surface area (Å²) >= 11 is 5.81. The first-order chi connectivity index (χ1) is 16.7. The molecule has 2 N–H and O–H groups in total. The van der Waals surface area contributed by atoms with E-state index in [1.807, 2.05) is 0 Å². The zero-order valence-corrected chi connectivity index (χ0v) is 20.2. The molecule has 3 heterocycles. The number of anilines is 1. The summed E-state index contributed by atoms with van der Waals surface area (Å²) in [7, 11) is 1.54. The number of amides is 5. The third kappa shape index (κ3) is 5.07. The van der Waals surface area contributed by atoms with Gasteiger partial charge in [0.15, 0.2) is 0 Å². The number of urea groups is 1. The minimum Gasteiger partial charge on any atom is -0.497 e. The molecule has 2 saturated heterocycles. The Morgan fingerprint density at radius 3 is 2.46 bits per heavy atom. The van der Waals surface area contributed by atoms with Crippen LogP contribution in [0.3, 0.4) is 0 Å². The van der Waals surface area contributed by atoms with Gasteiger partial charge >= 0.3 is 6.03 Å². The number of carbonyl (C=O) groups is 4. The summed E-state index contributed by atoms with van der Waals surface area (Å²) in [5, 5.41) is 5.93. The summed E-state index contributed by atoms with van der Waals surface area (Å²) in [4.78, 5) is 57.7. The van der Waals surface area contributed by atoms with Crippen LogP contribution in [0.2, 0.25) is 5.02 Å². The van der Waals surface area contributed by atoms with Gasteiger partial charge in [-0.25, -0.2) is 9.78 Å². The van der Waals surface area contributed by atoms with Gasteiger partial charge in [-0.1, -0.05) is 23.7 Å². The van der Waals surface area contributed by atoms with E-state index in [1.165, 1.54) is 6.20 Å². The summed E-state index contributed by atoms with van der Waals surface area (Å²) in [6.45, 7) is 1.95. The number of aromatic nitrogens is 1. The lowest BCUT2D eigenvalue weighted by molar-refractivity contribution is -0.140. The predicted octanol–water partition coefficient (Wildman–Crippen LogP) is 2.39. The van der Waals surface area contributed by atoms with E-state index in [-0.39, 0.29) is 24.3 Å². The molecule has 2 aliphatic rings. The molecule has 5 amide bonds. The van der Waals surface area contributed by atoms with Crippen LogP contribution in [0.5, 0.6) is 5.75 Å². The molecular weight excluding hydrogens is 474 g/mol. The van der Waals surface area contributed by atoms with Gasteiger partial charge in [0.2, 0.25) is 11.8 Å². The summed E-state index contributed by atoms with van der Waals surface area (Å²) in [6, 6.07) is 9.47. The number of rotatable bonds is 6. The number of nitrogens with one attached hydrogen (secondary N) is 2. The molecule has 11 heteroatoms. The molecule has 0 bridgehead atoms. The Morgan fingerprint density at radius 2 is 1.86 bits per heavy atom. The van der Waals surface area contributed by atoms with Crippen LogP contribution in [-0.4, -0.2) is 65.3 Å². The van der Waals surface area contributed by atoms with E-state index >= 15 is 0 Å². The van der Waals surface area contributed by atoms with Crippen molar-refractivity contribution in [3.8, 4) is 5.75 Å². The van der Waals surface area contributed by atoms with Crippen LogP contribution in [0.1, 0.15) is 25.3 Å². The van der Waals surface area contributed by atoms with E-state index in [9.17, 15) is 19.2 Å². The molecule has 1 atom stereocenters. The van der Waals surface area contributed by atoms with Gasteiger partial charge in [-0.15, -0.1) is 0 Å². The van der Waals surface area contributed by atoms with Crippen molar-refractivity contribution < 1.29 is 23.9 Å². The molecule has 0 aliphatic carbocycles. The van der Waals surface area contributed by atoms with Crippen LogP contribution >= 0.6 is 11.6 Å². The quantitative estimate of drug-likeness (QED) is 0.589. The van der Waals surface area contributed by atoms with Gasteiger partial charge in [-0.2, -0.15) is 0 Å². The molecule has 10 nitrogen and oxygen atoms in total. The van der Waals surface area contributed by atoms with Crippen molar-refractivity contribution >= 4 is 41.2 Å². The van der Waals surface area contributed by atoms with E-state index < -0.39 is 17.5 Å². The van der Waals surface area contributed by atoms with E-state index in [0.717, 1.165) is 4.90 Å². The highest BCUT2D eigenvalue weighted by atomic mass is 35.5. The van der Waals surface area contributed by atoms with Crippen LogP contribution in [0.25, 0.3) is 0 Å². The van der Waals surface area contributed by atoms with Crippen molar-refractivity contribution in [3.63, 3.8) is 0 Å². The number of carbonyl (C=O) groups excluding carboxylic acids is 4. The highest BCUT2D eigenvalue weighted by Crippen LogP contribution is 2.30. The van der Waals surface area contributed by atoms with E-state index in [2.05, 4.69) is 15.6 Å². The largest absolute Gasteiger partial charge is 0.497 e. The van der Waals surface area contributed by atoms with Gasteiger partial charge in [-0.3, -0.25) is 19.3 Å². The Labute approximate surface area is 207 Å². The first kappa shape index (κ1) is 24.5. The normalized spacial score (nSPS) is 20.5. The fourth-order valence-electron chi connectivity index (χ4n) is 4.26. The molecule has 0 spiro atoms. The number of benzene rings is 1. The number of piperidine rings is 1. The van der Waals surface area contributed by atoms with Gasteiger partial charge in [0, 0.05) is 25.2 Å². The first-order valence-electron chi connectivity index (χ1n) is 11.2. The molecule has 2 aliphatic heterocycles. The third-order valence-electron chi connectivity index (χ3n) is 6.43. The number of nitrogens with zero attached hydrogens (tertiary/aromatic N) is 3. The fraction of sp³-hybridized carbons (Fsp3) is 0.375. The predicted molar refractivity (Wildman–Crippen MR) is 128 cm³/mol. The smallest absolute Gasteiger partial charge is 0.325 e. The van der Waals surface area contributed by atoms with Crippen LogP contribution < -0.4 is 15.4 Å². The molecule has 1 aromatic carbocycles. The zero-order chi connectivity index (χ0) is 25.2. The minimum atomic E-state index is -1.27. The first-order valence-corrected chi connectivity index (χ1v) is 11.6. The Morgan fingerprint density at radius 1 is 1.17 bits per heavy atom. The van der Waals surface area contributed by atoms with Crippen molar-refractivity contribution in [1.29, 1.82) is 0 Å². The maximum absolute atomic E-state index is 13.1. The van der Waals surface area contributed by atoms with Crippen LogP contribution in [-0.2, 0) is 19.9 Å². The zero-order valence-electron chi connectivity index (χ0n) is 19.4. The van der Waals surface area contributed by atoms with E-state index in [4.69, 9.17) is 16.3 Å². The van der Waals surface area contributed by atoms with Crippen LogP contribution in [0, 0.1) is 5.92 Å². The van der Waals surface area contributed by atoms with Crippen molar-refractivity contribution in [3.05, 3.63) is 53.2 Å². The second kappa shape index (κ2) is 9.91. The second-order valence-electron chi connectivity index (χ2n) is 8.68. The monoisotopic (exact) mass is 499 g/mol. The molecule has 2 aromatic rings. The maximum atomic E-state index is 13.1. The SMILES string of the molecule is COc1ccc(C2(C)NC(=O)N(CC(=O)N3CCC(C(=O)Nc4ccc(Cl)cn4)CC3)C2=O)cc1. The maximum Gasteiger partial charge on any atom is 0.325 e. The van der Waals surface area contributed by atoms with Crippen LogP contribution in [0.15, 0.2) is 42.6 Å². The number of methoxy groups -OCH3 is 1. The van der Waals surface area contributed by atoms with Crippen molar-refractivity contribution in [2.45, 2.75) is 25.3 Å². The molecule has 2 fully saturated rings. The second-order valence-corrected chi connectivity index (χ2v) is 9.12. The van der Waals surface area contributed by atoms with Gasteiger partial charge < -0.3 is 20.3 Å². The van der Waals surface area contributed by atoms with Crippen molar-refractivity contribution in [2.75, 3.05) is 32.1 Å². The lowest BCUT2D eigenvalue weighted by Crippen LogP contribution is -2.47. The number of pyridine rings is 1. The van der Waals surface area contributed by atoms with Gasteiger partial charge in [-0.05, 0) is 49.6 Å². The molecular formula is C24H26ClN5O5. The molecule has 184 valence electrons. The summed E-state index contributed by atoms with van der Waals surface area (Å²) in [5.41, 5.74) is -0.682. The van der Waals surface area contributed by atoms with Gasteiger partial charge in [0.1, 0.15) is 23.7 Å². The summed E-state index contributed by atoms with van der Waals surface area (Å²) in [5.74, 6) is -0.238. The average Bonchev–Trinajstić information content (AvgIpc) is 3.09. The minimum absolute atomic E-state index is 0.170. The Hall–Kier alpha value is -3.66. The van der Waals surface area contributed by atoms with Crippen molar-refractivity contribution in [2.24, 2.45) is 5.92 Å². The lowest BCUT2D eigenvalue weighted by atomic mass is 9.92. The van der Waals surface area contributed by atoms with Crippen LogP contribution in [0.4, 0.5) is 10.6 Å². The molecule has 1 unspecified atom stereocenters. The number of likely N-dealkylation sites (tertiary alicyclic amines) is 1. The molecule has 0 radical (unpaired) electrons. The highest BCUT2D eigenvalue weighted by Gasteiger charge is 2.49. The topological polar surface area (TPSA) is 121 Å². The Balaban J connectivity index is 1.32. The fourth-order valence-corrected chi connectivity index (χ4v) is 4.38. The average molecular weight is 500 g/mol. The number of hydrogen-bond donors (Lipinski definition) is 2. The Bertz CT molecular complexity index is 1130. The van der Waals surface area contributed by atoms with Gasteiger partial charge in [0.25, 0.3) is 5.91 Å². The molecule has 1 aromatic heterocycles. The summed E-state index contributed by atoms with van der Waals surface area (Å²) < 4.78 is 5.14. The number of imide groups is 1. The van der Waals surface area contributed by atoms with E-state index in [1.54, 1.807) is 55.3 Å². The molecule has 35 heavy (non-hydrogen) atoms. The summed E-state index contributed by atoms with van der Waals surface area (Å²) in [6.07, 6.45) is 2.39. The van der Waals surface area contributed by atoms with E-state index in [0.29, 0.717) is 48.1 Å².